The van der Waals surface area contributed by atoms with Gasteiger partial charge in [-0.15, -0.1) is 13.2 Å². The van der Waals surface area contributed by atoms with E-state index >= 15 is 0 Å². The van der Waals surface area contributed by atoms with E-state index in [0.29, 0.717) is 0 Å². The molecule has 1 amide bonds. The second-order valence-corrected chi connectivity index (χ2v) is 5.56. The molecule has 0 aromatic heterocycles. The highest BCUT2D eigenvalue weighted by atomic mass is 19.4. The molecule has 0 bridgehead atoms. The summed E-state index contributed by atoms with van der Waals surface area (Å²) in [7, 11) is 0. The molecule has 1 fully saturated rings. The van der Waals surface area contributed by atoms with Crippen LogP contribution in [0, 0.1) is 5.92 Å². The molecule has 0 spiro atoms. The van der Waals surface area contributed by atoms with Gasteiger partial charge in [-0.1, -0.05) is 19.3 Å². The summed E-state index contributed by atoms with van der Waals surface area (Å²) in [5.41, 5.74) is 0.281. The Bertz CT molecular complexity index is 566. The van der Waals surface area contributed by atoms with Crippen molar-refractivity contribution in [2.75, 3.05) is 11.9 Å². The molecule has 0 radical (unpaired) electrons. The van der Waals surface area contributed by atoms with Gasteiger partial charge in [-0.2, -0.15) is 0 Å². The van der Waals surface area contributed by atoms with Gasteiger partial charge in [-0.3, -0.25) is 9.59 Å². The maximum Gasteiger partial charge on any atom is 0.573 e. The normalized spacial score (nSPS) is 15.6. The van der Waals surface area contributed by atoms with Gasteiger partial charge in [0.1, 0.15) is 5.75 Å². The van der Waals surface area contributed by atoms with Crippen molar-refractivity contribution >= 4 is 17.6 Å². The first-order chi connectivity index (χ1) is 11.3. The van der Waals surface area contributed by atoms with E-state index in [4.69, 9.17) is 4.74 Å². The number of benzene rings is 1. The maximum atomic E-state index is 12.0. The third kappa shape index (κ3) is 6.10. The summed E-state index contributed by atoms with van der Waals surface area (Å²) < 4.78 is 44.8. The zero-order valence-corrected chi connectivity index (χ0v) is 12.9. The number of anilines is 1. The zero-order chi connectivity index (χ0) is 17.6. The van der Waals surface area contributed by atoms with Crippen LogP contribution in [0.5, 0.6) is 5.75 Å². The third-order valence-electron chi connectivity index (χ3n) is 3.66. The molecule has 24 heavy (non-hydrogen) atoms. The molecule has 1 aromatic rings. The molecule has 0 aliphatic heterocycles. The number of hydrogen-bond acceptors (Lipinski definition) is 4. The van der Waals surface area contributed by atoms with E-state index in [1.54, 1.807) is 0 Å². The highest BCUT2D eigenvalue weighted by molar-refractivity contribution is 5.92. The van der Waals surface area contributed by atoms with Gasteiger partial charge in [0.2, 0.25) is 0 Å². The smallest absolute Gasteiger partial charge is 0.455 e. The Hall–Kier alpha value is -2.25. The van der Waals surface area contributed by atoms with Gasteiger partial charge in [0.05, 0.1) is 5.92 Å². The largest absolute Gasteiger partial charge is 0.573 e. The summed E-state index contributed by atoms with van der Waals surface area (Å²) in [4.78, 5) is 23.5. The number of carbonyl (C=O) groups is 2. The van der Waals surface area contributed by atoms with Gasteiger partial charge in [-0.25, -0.2) is 0 Å². The van der Waals surface area contributed by atoms with Crippen molar-refractivity contribution in [1.82, 2.24) is 0 Å². The van der Waals surface area contributed by atoms with Gasteiger partial charge in [0.25, 0.3) is 5.91 Å². The fourth-order valence-electron chi connectivity index (χ4n) is 2.53. The number of rotatable bonds is 5. The highest BCUT2D eigenvalue weighted by Crippen LogP contribution is 2.25. The van der Waals surface area contributed by atoms with Crippen molar-refractivity contribution in [3.8, 4) is 5.75 Å². The lowest BCUT2D eigenvalue weighted by Gasteiger charge is -2.19. The van der Waals surface area contributed by atoms with Crippen LogP contribution >= 0.6 is 0 Å². The Kier molecular flexibility index (Phi) is 6.05. The molecular weight excluding hydrogens is 327 g/mol. The monoisotopic (exact) mass is 345 g/mol. The summed E-state index contributed by atoms with van der Waals surface area (Å²) in [5.74, 6) is -1.46. The number of halogens is 3. The lowest BCUT2D eigenvalue weighted by Crippen LogP contribution is -2.26. The van der Waals surface area contributed by atoms with E-state index in [0.717, 1.165) is 44.2 Å². The minimum Gasteiger partial charge on any atom is -0.455 e. The Morgan fingerprint density at radius 3 is 2.29 bits per heavy atom. The summed E-state index contributed by atoms with van der Waals surface area (Å²) in [6.45, 7) is -0.421. The minimum atomic E-state index is -4.77. The molecule has 8 heteroatoms. The lowest BCUT2D eigenvalue weighted by molar-refractivity contribution is -0.274. The summed E-state index contributed by atoms with van der Waals surface area (Å²) in [5, 5.41) is 2.44. The molecule has 5 nitrogen and oxygen atoms in total. The molecule has 0 saturated heterocycles. The third-order valence-corrected chi connectivity index (χ3v) is 3.66. The first kappa shape index (κ1) is 18.1. The first-order valence-corrected chi connectivity index (χ1v) is 7.66. The van der Waals surface area contributed by atoms with Crippen LogP contribution in [0.15, 0.2) is 24.3 Å². The number of nitrogens with one attached hydrogen (secondary N) is 1. The quantitative estimate of drug-likeness (QED) is 0.828. The first-order valence-electron chi connectivity index (χ1n) is 7.66. The van der Waals surface area contributed by atoms with Gasteiger partial charge in [-0.05, 0) is 37.1 Å². The number of ether oxygens (including phenoxy) is 2. The second-order valence-electron chi connectivity index (χ2n) is 5.56. The van der Waals surface area contributed by atoms with E-state index in [1.165, 1.54) is 12.1 Å². The molecular formula is C16H18F3NO4. The fourth-order valence-corrected chi connectivity index (χ4v) is 2.53. The lowest BCUT2D eigenvalue weighted by atomic mass is 9.89. The summed E-state index contributed by atoms with van der Waals surface area (Å²) >= 11 is 0. The van der Waals surface area contributed by atoms with Crippen LogP contribution in [0.25, 0.3) is 0 Å². The molecule has 0 atom stereocenters. The van der Waals surface area contributed by atoms with Crippen molar-refractivity contribution in [2.45, 2.75) is 38.5 Å². The van der Waals surface area contributed by atoms with Crippen LogP contribution in [0.3, 0.4) is 0 Å². The molecule has 1 aliphatic carbocycles. The maximum absolute atomic E-state index is 12.0. The number of esters is 1. The SMILES string of the molecule is O=C(COC(=O)C1CCCCC1)Nc1ccc(OC(F)(F)F)cc1. The zero-order valence-electron chi connectivity index (χ0n) is 12.9. The second kappa shape index (κ2) is 8.03. The number of hydrogen-bond donors (Lipinski definition) is 1. The van der Waals surface area contributed by atoms with Crippen molar-refractivity contribution in [3.05, 3.63) is 24.3 Å². The van der Waals surface area contributed by atoms with Crippen LogP contribution in [0.2, 0.25) is 0 Å². The predicted molar refractivity (Wildman–Crippen MR) is 79.3 cm³/mol. The Morgan fingerprint density at radius 1 is 1.08 bits per heavy atom. The summed E-state index contributed by atoms with van der Waals surface area (Å²) in [6.07, 6.45) is -0.130. The average Bonchev–Trinajstić information content (AvgIpc) is 2.54. The van der Waals surface area contributed by atoms with Crippen LogP contribution < -0.4 is 10.1 Å². The van der Waals surface area contributed by atoms with Crippen LogP contribution in [0.4, 0.5) is 18.9 Å². The van der Waals surface area contributed by atoms with Crippen molar-refractivity contribution in [3.63, 3.8) is 0 Å². The average molecular weight is 345 g/mol. The van der Waals surface area contributed by atoms with Crippen LogP contribution in [0.1, 0.15) is 32.1 Å². The van der Waals surface area contributed by atoms with E-state index in [1.807, 2.05) is 0 Å². The van der Waals surface area contributed by atoms with Crippen molar-refractivity contribution in [2.24, 2.45) is 5.92 Å². The number of amides is 1. The molecule has 1 aromatic carbocycles. The van der Waals surface area contributed by atoms with Crippen LogP contribution in [-0.2, 0) is 14.3 Å². The predicted octanol–water partition coefficient (Wildman–Crippen LogP) is 3.65. The van der Waals surface area contributed by atoms with Crippen molar-refractivity contribution in [1.29, 1.82) is 0 Å². The molecule has 1 aliphatic rings. The van der Waals surface area contributed by atoms with Crippen molar-refractivity contribution < 1.29 is 32.2 Å². The fraction of sp³-hybridized carbons (Fsp3) is 0.500. The van der Waals surface area contributed by atoms with E-state index in [2.05, 4.69) is 10.1 Å². The molecule has 1 N–H and O–H groups in total. The van der Waals surface area contributed by atoms with Gasteiger partial charge < -0.3 is 14.8 Å². The molecule has 1 saturated carbocycles. The number of carbonyl (C=O) groups excluding carboxylic acids is 2. The van der Waals surface area contributed by atoms with Crippen LogP contribution in [-0.4, -0.2) is 24.8 Å². The Morgan fingerprint density at radius 2 is 1.71 bits per heavy atom. The molecule has 0 heterocycles. The molecule has 0 unspecified atom stereocenters. The van der Waals surface area contributed by atoms with Gasteiger partial charge in [0.15, 0.2) is 6.61 Å². The van der Waals surface area contributed by atoms with E-state index in [-0.39, 0.29) is 23.3 Å². The standard InChI is InChI=1S/C16H18F3NO4/c17-16(18,19)24-13-8-6-12(7-9-13)20-14(21)10-23-15(22)11-4-2-1-3-5-11/h6-9,11H,1-5,10H2,(H,20,21). The minimum absolute atomic E-state index is 0.148. The topological polar surface area (TPSA) is 64.6 Å². The van der Waals surface area contributed by atoms with E-state index < -0.39 is 18.9 Å². The summed E-state index contributed by atoms with van der Waals surface area (Å²) in [6, 6.07) is 4.69. The van der Waals surface area contributed by atoms with E-state index in [9.17, 15) is 22.8 Å². The highest BCUT2D eigenvalue weighted by Gasteiger charge is 2.31. The molecule has 132 valence electrons. The molecule has 2 rings (SSSR count). The Balaban J connectivity index is 1.76. The Labute approximate surface area is 137 Å². The van der Waals surface area contributed by atoms with Gasteiger partial charge in [0, 0.05) is 5.69 Å². The van der Waals surface area contributed by atoms with Gasteiger partial charge >= 0.3 is 12.3 Å². The number of alkyl halides is 3.